The van der Waals surface area contributed by atoms with Gasteiger partial charge in [-0.2, -0.15) is 26.3 Å². The van der Waals surface area contributed by atoms with E-state index in [0.29, 0.717) is 25.0 Å². The smallest absolute Gasteiger partial charge is 0.372 e. The largest absolute Gasteiger partial charge is 0.416 e. The number of carbonyl (C=O) groups is 2. The molecule has 2 heterocycles. The van der Waals surface area contributed by atoms with Gasteiger partial charge in [0.2, 0.25) is 0 Å². The average Bonchev–Trinajstić information content (AvgIpc) is 2.94. The molecule has 3 amide bonds. The third kappa shape index (κ3) is 4.95. The molecule has 1 aromatic rings. The minimum Gasteiger partial charge on any atom is -0.372 e. The number of carbonyl (C=O) groups excluding carboxylic acids is 2. The minimum atomic E-state index is -4.94. The summed E-state index contributed by atoms with van der Waals surface area (Å²) in [4.78, 5) is 23.4. The second kappa shape index (κ2) is 7.66. The zero-order valence-electron chi connectivity index (χ0n) is 16.6. The van der Waals surface area contributed by atoms with Crippen LogP contribution in [-0.2, 0) is 21.9 Å². The van der Waals surface area contributed by atoms with Crippen LogP contribution in [0.25, 0.3) is 0 Å². The van der Waals surface area contributed by atoms with Gasteiger partial charge < -0.3 is 15.4 Å². The number of hydrogen-bond acceptors (Lipinski definition) is 4. The fourth-order valence-corrected chi connectivity index (χ4v) is 3.60. The summed E-state index contributed by atoms with van der Waals surface area (Å²) < 4.78 is 84.0. The quantitative estimate of drug-likeness (QED) is 0.482. The van der Waals surface area contributed by atoms with Gasteiger partial charge in [0.25, 0.3) is 5.91 Å². The van der Waals surface area contributed by atoms with E-state index in [1.54, 1.807) is 6.92 Å². The number of rotatable bonds is 4. The summed E-state index contributed by atoms with van der Waals surface area (Å²) in [5, 5.41) is 7.84. The molecular formula is C19H21F6N3O3. The zero-order chi connectivity index (χ0) is 23.2. The number of urea groups is 1. The predicted octanol–water partition coefficient (Wildman–Crippen LogP) is 3.52. The molecule has 3 N–H and O–H groups in total. The number of ether oxygens (including phenoxy) is 1. The molecule has 6 nitrogen and oxygen atoms in total. The molecule has 172 valence electrons. The van der Waals surface area contributed by atoms with Crippen molar-refractivity contribution >= 4 is 11.9 Å². The van der Waals surface area contributed by atoms with Crippen LogP contribution in [0.2, 0.25) is 0 Å². The number of alkyl halides is 6. The molecule has 0 radical (unpaired) electrons. The third-order valence-corrected chi connectivity index (χ3v) is 5.67. The Labute approximate surface area is 173 Å². The van der Waals surface area contributed by atoms with Gasteiger partial charge >= 0.3 is 18.4 Å². The van der Waals surface area contributed by atoms with Crippen LogP contribution in [-0.4, -0.2) is 36.2 Å². The van der Waals surface area contributed by atoms with Gasteiger partial charge in [-0.15, -0.1) is 0 Å². The zero-order valence-corrected chi connectivity index (χ0v) is 16.6. The maximum absolute atomic E-state index is 13.1. The third-order valence-electron chi connectivity index (χ3n) is 5.67. The highest BCUT2D eigenvalue weighted by molar-refractivity contribution is 6.07. The van der Waals surface area contributed by atoms with Crippen LogP contribution in [0.5, 0.6) is 0 Å². The van der Waals surface area contributed by atoms with Crippen molar-refractivity contribution in [3.8, 4) is 0 Å². The van der Waals surface area contributed by atoms with Gasteiger partial charge in [-0.3, -0.25) is 10.1 Å². The van der Waals surface area contributed by atoms with E-state index in [0.717, 1.165) is 0 Å². The van der Waals surface area contributed by atoms with Gasteiger partial charge in [0.15, 0.2) is 0 Å². The van der Waals surface area contributed by atoms with E-state index in [-0.39, 0.29) is 24.8 Å². The molecule has 31 heavy (non-hydrogen) atoms. The van der Waals surface area contributed by atoms with E-state index < -0.39 is 52.6 Å². The Balaban J connectivity index is 1.70. The van der Waals surface area contributed by atoms with Crippen LogP contribution in [0, 0.1) is 0 Å². The Morgan fingerprint density at radius 3 is 2.03 bits per heavy atom. The molecule has 2 aliphatic rings. The number of nitrogens with one attached hydrogen (secondary N) is 3. The molecule has 0 saturated carbocycles. The number of hydrogen-bond donors (Lipinski definition) is 3. The fraction of sp³-hybridized carbons (Fsp3) is 0.579. The van der Waals surface area contributed by atoms with E-state index in [1.807, 2.05) is 0 Å². The molecule has 1 spiro atoms. The monoisotopic (exact) mass is 453 g/mol. The summed E-state index contributed by atoms with van der Waals surface area (Å²) in [6.07, 6.45) is -10.2. The van der Waals surface area contributed by atoms with Crippen molar-refractivity contribution in [1.29, 1.82) is 0 Å². The van der Waals surface area contributed by atoms with Gasteiger partial charge in [0.05, 0.1) is 23.8 Å². The topological polar surface area (TPSA) is 79.5 Å². The Hall–Kier alpha value is -2.34. The molecule has 0 aromatic heterocycles. The summed E-state index contributed by atoms with van der Waals surface area (Å²) in [5.41, 5.74) is -4.83. The van der Waals surface area contributed by atoms with Crippen molar-refractivity contribution in [3.05, 3.63) is 34.9 Å². The highest BCUT2D eigenvalue weighted by atomic mass is 19.4. The molecule has 0 bridgehead atoms. The maximum Gasteiger partial charge on any atom is 0.416 e. The van der Waals surface area contributed by atoms with E-state index in [1.165, 1.54) is 6.92 Å². The SMILES string of the molecule is CC(OCC1(C)CCC2(CN1)NC(=O)NC2=O)c1cc(C(F)(F)F)cc(C(F)(F)F)c1. The van der Waals surface area contributed by atoms with Gasteiger partial charge in [0, 0.05) is 12.1 Å². The molecule has 2 fully saturated rings. The molecule has 1 aromatic carbocycles. The van der Waals surface area contributed by atoms with Crippen molar-refractivity contribution in [2.45, 2.75) is 56.2 Å². The lowest BCUT2D eigenvalue weighted by Gasteiger charge is -2.42. The number of piperidine rings is 1. The van der Waals surface area contributed by atoms with Gasteiger partial charge in [-0.25, -0.2) is 4.79 Å². The Bertz CT molecular complexity index is 843. The first-order valence-corrected chi connectivity index (χ1v) is 9.43. The van der Waals surface area contributed by atoms with E-state index >= 15 is 0 Å². The van der Waals surface area contributed by atoms with Crippen molar-refractivity contribution in [2.24, 2.45) is 0 Å². The van der Waals surface area contributed by atoms with Gasteiger partial charge in [0.1, 0.15) is 5.54 Å². The lowest BCUT2D eigenvalue weighted by atomic mass is 9.81. The van der Waals surface area contributed by atoms with Crippen LogP contribution >= 0.6 is 0 Å². The second-order valence-electron chi connectivity index (χ2n) is 8.20. The lowest BCUT2D eigenvalue weighted by molar-refractivity contribution is -0.143. The fourth-order valence-electron chi connectivity index (χ4n) is 3.60. The molecule has 0 aliphatic carbocycles. The Morgan fingerprint density at radius 2 is 1.61 bits per heavy atom. The standard InChI is InChI=1S/C19H21F6N3O3/c1-10(11-5-12(18(20,21)22)7-13(6-11)19(23,24)25)31-9-16(2)3-4-17(8-26-16)14(29)27-15(30)28-17/h5-7,10,26H,3-4,8-9H2,1-2H3,(H2,27,28,29,30). The second-order valence-corrected chi connectivity index (χ2v) is 8.20. The number of amides is 3. The highest BCUT2D eigenvalue weighted by Crippen LogP contribution is 2.38. The molecule has 3 rings (SSSR count). The summed E-state index contributed by atoms with van der Waals surface area (Å²) in [7, 11) is 0. The van der Waals surface area contributed by atoms with Crippen LogP contribution in [0.4, 0.5) is 31.1 Å². The van der Waals surface area contributed by atoms with Crippen LogP contribution in [0.1, 0.15) is 49.5 Å². The average molecular weight is 453 g/mol. The van der Waals surface area contributed by atoms with Crippen LogP contribution in [0.15, 0.2) is 18.2 Å². The first-order valence-electron chi connectivity index (χ1n) is 9.43. The normalized spacial score (nSPS) is 27.9. The van der Waals surface area contributed by atoms with Gasteiger partial charge in [-0.1, -0.05) is 0 Å². The minimum absolute atomic E-state index is 0.0303. The molecule has 2 saturated heterocycles. The summed E-state index contributed by atoms with van der Waals surface area (Å²) in [6.45, 7) is 3.21. The molecular weight excluding hydrogens is 432 g/mol. The van der Waals surface area contributed by atoms with Gasteiger partial charge in [-0.05, 0) is 50.5 Å². The van der Waals surface area contributed by atoms with Crippen molar-refractivity contribution in [2.75, 3.05) is 13.2 Å². The molecule has 2 aliphatic heterocycles. The Kier molecular flexibility index (Phi) is 5.76. The first-order chi connectivity index (χ1) is 14.1. The number of halogens is 6. The van der Waals surface area contributed by atoms with Crippen LogP contribution in [0.3, 0.4) is 0 Å². The number of benzene rings is 1. The highest BCUT2D eigenvalue weighted by Gasteiger charge is 2.50. The molecule has 3 atom stereocenters. The van der Waals surface area contributed by atoms with E-state index in [4.69, 9.17) is 4.74 Å². The summed E-state index contributed by atoms with van der Waals surface area (Å²) in [6, 6.07) is 0.763. The van der Waals surface area contributed by atoms with Crippen molar-refractivity contribution in [1.82, 2.24) is 16.0 Å². The Morgan fingerprint density at radius 1 is 1.03 bits per heavy atom. The summed E-state index contributed by atoms with van der Waals surface area (Å²) in [5.74, 6) is -0.454. The van der Waals surface area contributed by atoms with Crippen LogP contribution < -0.4 is 16.0 Å². The first kappa shape index (κ1) is 23.3. The van der Waals surface area contributed by atoms with E-state index in [9.17, 15) is 35.9 Å². The lowest BCUT2D eigenvalue weighted by Crippen LogP contribution is -2.64. The van der Waals surface area contributed by atoms with Crippen molar-refractivity contribution in [3.63, 3.8) is 0 Å². The summed E-state index contributed by atoms with van der Waals surface area (Å²) >= 11 is 0. The molecule has 3 unspecified atom stereocenters. The van der Waals surface area contributed by atoms with Crippen molar-refractivity contribution < 1.29 is 40.7 Å². The van der Waals surface area contributed by atoms with E-state index in [2.05, 4.69) is 16.0 Å². The predicted molar refractivity (Wildman–Crippen MR) is 95.9 cm³/mol. The molecule has 12 heteroatoms. The number of imide groups is 1. The maximum atomic E-state index is 13.1.